The molecule has 0 bridgehead atoms. The molecule has 0 aliphatic rings. The minimum Gasteiger partial charge on any atom is -0.335 e. The van der Waals surface area contributed by atoms with E-state index in [0.29, 0.717) is 5.15 Å². The normalized spacial score (nSPS) is 9.27. The van der Waals surface area contributed by atoms with Gasteiger partial charge < -0.3 is 4.57 Å². The molecule has 0 saturated carbocycles. The van der Waals surface area contributed by atoms with Crippen molar-refractivity contribution in [2.45, 2.75) is 6.54 Å². The number of aromatic nitrogens is 2. The zero-order chi connectivity index (χ0) is 8.27. The van der Waals surface area contributed by atoms with E-state index in [1.165, 1.54) is 6.08 Å². The Hall–Kier alpha value is -1.12. The van der Waals surface area contributed by atoms with E-state index in [2.05, 4.69) is 9.98 Å². The molecule has 1 aromatic heterocycles. The zero-order valence-corrected chi connectivity index (χ0v) is 6.67. The van der Waals surface area contributed by atoms with Crippen LogP contribution in [-0.2, 0) is 18.4 Å². The maximum absolute atomic E-state index is 9.76. The van der Waals surface area contributed by atoms with E-state index >= 15 is 0 Å². The summed E-state index contributed by atoms with van der Waals surface area (Å²) in [6, 6.07) is 0. The van der Waals surface area contributed by atoms with Gasteiger partial charge in [0.15, 0.2) is 5.15 Å². The average Bonchev–Trinajstić information content (AvgIpc) is 2.29. The monoisotopic (exact) mass is 171 g/mol. The van der Waals surface area contributed by atoms with E-state index in [-0.39, 0.29) is 6.54 Å². The number of nitrogens with zero attached hydrogens (tertiary/aromatic N) is 3. The van der Waals surface area contributed by atoms with E-state index < -0.39 is 0 Å². The molecule has 0 aliphatic carbocycles. The van der Waals surface area contributed by atoms with Crippen LogP contribution in [0.25, 0.3) is 0 Å². The van der Waals surface area contributed by atoms with Crippen LogP contribution < -0.4 is 0 Å². The molecule has 1 heterocycles. The topological polar surface area (TPSA) is 47.2 Å². The quantitative estimate of drug-likeness (QED) is 0.491. The van der Waals surface area contributed by atoms with Gasteiger partial charge in [-0.2, -0.15) is 4.99 Å². The van der Waals surface area contributed by atoms with Crippen molar-refractivity contribution >= 4 is 17.7 Å². The van der Waals surface area contributed by atoms with E-state index in [9.17, 15) is 4.79 Å². The largest absolute Gasteiger partial charge is 0.335 e. The van der Waals surface area contributed by atoms with Gasteiger partial charge in [0.25, 0.3) is 0 Å². The molecule has 0 aliphatic heterocycles. The molecule has 5 heteroatoms. The molecule has 0 unspecified atom stereocenters. The Morgan fingerprint density at radius 3 is 3.09 bits per heavy atom. The molecule has 0 aromatic carbocycles. The Balaban J connectivity index is 2.91. The lowest BCUT2D eigenvalue weighted by molar-refractivity contribution is 0.562. The first-order valence-corrected chi connectivity index (χ1v) is 3.33. The average molecular weight is 172 g/mol. The Kier molecular flexibility index (Phi) is 2.41. The van der Waals surface area contributed by atoms with Crippen molar-refractivity contribution in [3.8, 4) is 0 Å². The predicted octanol–water partition coefficient (Wildman–Crippen LogP) is 0.909. The highest BCUT2D eigenvalue weighted by atomic mass is 35.5. The molecule has 58 valence electrons. The van der Waals surface area contributed by atoms with Crippen LogP contribution in [0, 0.1) is 0 Å². The highest BCUT2D eigenvalue weighted by molar-refractivity contribution is 6.30. The lowest BCUT2D eigenvalue weighted by atomic mass is 10.5. The highest BCUT2D eigenvalue weighted by Crippen LogP contribution is 2.12. The predicted molar refractivity (Wildman–Crippen MR) is 40.0 cm³/mol. The third kappa shape index (κ3) is 1.67. The third-order valence-electron chi connectivity index (χ3n) is 1.30. The summed E-state index contributed by atoms with van der Waals surface area (Å²) in [6.07, 6.45) is 3.00. The first kappa shape index (κ1) is 7.98. The van der Waals surface area contributed by atoms with E-state index in [0.717, 1.165) is 5.69 Å². The maximum Gasteiger partial charge on any atom is 0.235 e. The van der Waals surface area contributed by atoms with Crippen molar-refractivity contribution in [2.75, 3.05) is 0 Å². The second-order valence-corrected chi connectivity index (χ2v) is 2.36. The molecule has 0 amide bonds. The van der Waals surface area contributed by atoms with Crippen molar-refractivity contribution in [3.63, 3.8) is 0 Å². The molecule has 0 spiro atoms. The van der Waals surface area contributed by atoms with Crippen LogP contribution in [0.15, 0.2) is 11.3 Å². The standard InChI is InChI=1S/C6H6ClN3O/c1-10-3-9-6(7)5(10)2-8-4-11/h3H,2H2,1H3. The first-order chi connectivity index (χ1) is 5.25. The minimum atomic E-state index is 0.235. The van der Waals surface area contributed by atoms with Gasteiger partial charge in [0.1, 0.15) is 0 Å². The molecule has 0 radical (unpaired) electrons. The van der Waals surface area contributed by atoms with Crippen LogP contribution in [-0.4, -0.2) is 15.6 Å². The summed E-state index contributed by atoms with van der Waals surface area (Å²) in [7, 11) is 1.79. The molecule has 1 rings (SSSR count). The lowest BCUT2D eigenvalue weighted by Crippen LogP contribution is -1.93. The number of hydrogen-bond donors (Lipinski definition) is 0. The van der Waals surface area contributed by atoms with E-state index in [1.807, 2.05) is 0 Å². The van der Waals surface area contributed by atoms with Gasteiger partial charge >= 0.3 is 0 Å². The molecule has 1 aromatic rings. The van der Waals surface area contributed by atoms with Crippen LogP contribution in [0.3, 0.4) is 0 Å². The molecule has 11 heavy (non-hydrogen) atoms. The molecule has 0 atom stereocenters. The molecule has 0 fully saturated rings. The van der Waals surface area contributed by atoms with Gasteiger partial charge in [-0.3, -0.25) is 0 Å². The van der Waals surface area contributed by atoms with E-state index in [4.69, 9.17) is 11.6 Å². The molecule has 0 saturated heterocycles. The summed E-state index contributed by atoms with van der Waals surface area (Å²) in [5.41, 5.74) is 0.718. The van der Waals surface area contributed by atoms with Gasteiger partial charge in [-0.05, 0) is 0 Å². The second kappa shape index (κ2) is 3.32. The fourth-order valence-corrected chi connectivity index (χ4v) is 0.948. The summed E-state index contributed by atoms with van der Waals surface area (Å²) in [6.45, 7) is 0.235. The smallest absolute Gasteiger partial charge is 0.235 e. The van der Waals surface area contributed by atoms with Gasteiger partial charge in [-0.1, -0.05) is 11.6 Å². The molecular formula is C6H6ClN3O. The minimum absolute atomic E-state index is 0.235. The Morgan fingerprint density at radius 2 is 2.64 bits per heavy atom. The number of hydrogen-bond acceptors (Lipinski definition) is 3. The summed E-state index contributed by atoms with van der Waals surface area (Å²) in [4.78, 5) is 17.0. The van der Waals surface area contributed by atoms with Gasteiger partial charge in [-0.15, -0.1) is 0 Å². The van der Waals surface area contributed by atoms with Crippen LogP contribution in [0.4, 0.5) is 0 Å². The van der Waals surface area contributed by atoms with Gasteiger partial charge in [0, 0.05) is 7.05 Å². The van der Waals surface area contributed by atoms with Crippen LogP contribution in [0.1, 0.15) is 5.69 Å². The molecule has 0 N–H and O–H groups in total. The Bertz CT molecular complexity index is 281. The second-order valence-electron chi connectivity index (χ2n) is 2.00. The van der Waals surface area contributed by atoms with Crippen molar-refractivity contribution in [3.05, 3.63) is 17.2 Å². The third-order valence-corrected chi connectivity index (χ3v) is 1.62. The van der Waals surface area contributed by atoms with Crippen LogP contribution >= 0.6 is 11.6 Å². The lowest BCUT2D eigenvalue weighted by Gasteiger charge is -1.95. The number of aryl methyl sites for hydroxylation is 1. The number of isocyanates is 1. The summed E-state index contributed by atoms with van der Waals surface area (Å²) < 4.78 is 1.71. The van der Waals surface area contributed by atoms with E-state index in [1.54, 1.807) is 17.9 Å². The molecular weight excluding hydrogens is 166 g/mol. The van der Waals surface area contributed by atoms with Crippen LogP contribution in [0.5, 0.6) is 0 Å². The van der Waals surface area contributed by atoms with Gasteiger partial charge in [0.2, 0.25) is 6.08 Å². The van der Waals surface area contributed by atoms with Crippen molar-refractivity contribution in [1.82, 2.24) is 9.55 Å². The van der Waals surface area contributed by atoms with Gasteiger partial charge in [-0.25, -0.2) is 9.78 Å². The number of rotatable bonds is 2. The Labute approximate surface area is 68.5 Å². The highest BCUT2D eigenvalue weighted by Gasteiger charge is 2.03. The molecule has 4 nitrogen and oxygen atoms in total. The number of aliphatic imine (C=N–C) groups is 1. The number of carbonyl (C=O) groups excluding carboxylic acids is 1. The Morgan fingerprint density at radius 1 is 1.91 bits per heavy atom. The zero-order valence-electron chi connectivity index (χ0n) is 5.91. The van der Waals surface area contributed by atoms with Crippen molar-refractivity contribution in [2.24, 2.45) is 12.0 Å². The van der Waals surface area contributed by atoms with Gasteiger partial charge in [0.05, 0.1) is 18.6 Å². The maximum atomic E-state index is 9.76. The van der Waals surface area contributed by atoms with Crippen LogP contribution in [0.2, 0.25) is 5.15 Å². The summed E-state index contributed by atoms with van der Waals surface area (Å²) in [5, 5.41) is 0.381. The first-order valence-electron chi connectivity index (χ1n) is 2.95. The summed E-state index contributed by atoms with van der Waals surface area (Å²) >= 11 is 5.66. The fourth-order valence-electron chi connectivity index (χ4n) is 0.711. The number of halogens is 1. The number of imidazole rings is 1. The summed E-state index contributed by atoms with van der Waals surface area (Å²) in [5.74, 6) is 0. The fraction of sp³-hybridized carbons (Fsp3) is 0.333. The van der Waals surface area contributed by atoms with Crippen molar-refractivity contribution in [1.29, 1.82) is 0 Å². The SMILES string of the molecule is Cn1cnc(Cl)c1CN=C=O. The van der Waals surface area contributed by atoms with Crippen molar-refractivity contribution < 1.29 is 4.79 Å².